The van der Waals surface area contributed by atoms with E-state index in [4.69, 9.17) is 4.42 Å². The largest absolute Gasteiger partial charge is 0.451 e. The lowest BCUT2D eigenvalue weighted by Gasteiger charge is -2.09. The van der Waals surface area contributed by atoms with Crippen LogP contribution in [0.2, 0.25) is 0 Å². The fraction of sp³-hybridized carbons (Fsp3) is 0.182. The van der Waals surface area contributed by atoms with Gasteiger partial charge in [0.1, 0.15) is 12.0 Å². The summed E-state index contributed by atoms with van der Waals surface area (Å²) in [5, 5.41) is 2.97. The van der Waals surface area contributed by atoms with Crippen molar-refractivity contribution in [1.29, 1.82) is 0 Å². The maximum Gasteiger partial charge on any atom is 0.253 e. The Morgan fingerprint density at radius 3 is 2.70 bits per heavy atom. The molecule has 0 bridgehead atoms. The molecule has 3 heterocycles. The number of nitrogens with one attached hydrogen (secondary N) is 1. The molecule has 0 spiro atoms. The molecule has 0 unspecified atom stereocenters. The van der Waals surface area contributed by atoms with Gasteiger partial charge in [0.05, 0.1) is 11.3 Å². The minimum absolute atomic E-state index is 0.0496. The fourth-order valence-electron chi connectivity index (χ4n) is 3.27. The molecule has 0 fully saturated rings. The zero-order chi connectivity index (χ0) is 19.0. The predicted molar refractivity (Wildman–Crippen MR) is 106 cm³/mol. The van der Waals surface area contributed by atoms with Crippen molar-refractivity contribution in [3.63, 3.8) is 0 Å². The van der Waals surface area contributed by atoms with Gasteiger partial charge in [-0.15, -0.1) is 0 Å². The molecule has 1 N–H and O–H groups in total. The third-order valence-electron chi connectivity index (χ3n) is 4.46. The standard InChI is InChI=1S/C22H21N3O2/c1-14(2)24-22(26)19-10-18-8-7-17(16-6-4-5-15(3)9-16)11-25(18)21(19)20-12-27-13-23-20/h4-14H,1-3H3,(H,24,26). The van der Waals surface area contributed by atoms with Gasteiger partial charge >= 0.3 is 0 Å². The van der Waals surface area contributed by atoms with Crippen molar-refractivity contribution in [3.05, 3.63) is 72.4 Å². The fourth-order valence-corrected chi connectivity index (χ4v) is 3.27. The van der Waals surface area contributed by atoms with Crippen molar-refractivity contribution < 1.29 is 9.21 Å². The molecule has 5 heteroatoms. The Labute approximate surface area is 157 Å². The van der Waals surface area contributed by atoms with Crippen molar-refractivity contribution in [1.82, 2.24) is 14.7 Å². The van der Waals surface area contributed by atoms with Crippen LogP contribution in [-0.4, -0.2) is 21.3 Å². The number of oxazole rings is 1. The number of hydrogen-bond donors (Lipinski definition) is 1. The number of hydrogen-bond acceptors (Lipinski definition) is 3. The van der Waals surface area contributed by atoms with Crippen molar-refractivity contribution >= 4 is 11.4 Å². The van der Waals surface area contributed by atoms with Gasteiger partial charge in [-0.1, -0.05) is 35.9 Å². The maximum atomic E-state index is 12.8. The highest BCUT2D eigenvalue weighted by molar-refractivity contribution is 6.02. The first-order valence-corrected chi connectivity index (χ1v) is 8.94. The molecule has 1 amide bonds. The summed E-state index contributed by atoms with van der Waals surface area (Å²) < 4.78 is 7.18. The summed E-state index contributed by atoms with van der Waals surface area (Å²) in [6.07, 6.45) is 4.98. The van der Waals surface area contributed by atoms with Crippen LogP contribution in [0.3, 0.4) is 0 Å². The van der Waals surface area contributed by atoms with Crippen LogP contribution < -0.4 is 5.32 Å². The second-order valence-corrected chi connectivity index (χ2v) is 6.99. The van der Waals surface area contributed by atoms with E-state index < -0.39 is 0 Å². The predicted octanol–water partition coefficient (Wildman–Crippen LogP) is 4.71. The molecular formula is C22H21N3O2. The Hall–Kier alpha value is -3.34. The van der Waals surface area contributed by atoms with E-state index in [1.165, 1.54) is 12.0 Å². The van der Waals surface area contributed by atoms with E-state index >= 15 is 0 Å². The minimum Gasteiger partial charge on any atom is -0.451 e. The summed E-state index contributed by atoms with van der Waals surface area (Å²) in [5.74, 6) is -0.121. The number of benzene rings is 1. The number of pyridine rings is 1. The lowest BCUT2D eigenvalue weighted by atomic mass is 10.1. The van der Waals surface area contributed by atoms with Crippen LogP contribution in [0.5, 0.6) is 0 Å². The molecule has 0 aliphatic carbocycles. The van der Waals surface area contributed by atoms with E-state index in [0.29, 0.717) is 11.3 Å². The Morgan fingerprint density at radius 2 is 2.00 bits per heavy atom. The highest BCUT2D eigenvalue weighted by atomic mass is 16.3. The molecule has 136 valence electrons. The van der Waals surface area contributed by atoms with Gasteiger partial charge in [0.15, 0.2) is 6.39 Å². The van der Waals surface area contributed by atoms with E-state index in [2.05, 4.69) is 41.5 Å². The number of aromatic nitrogens is 2. The smallest absolute Gasteiger partial charge is 0.253 e. The Morgan fingerprint density at radius 1 is 1.15 bits per heavy atom. The van der Waals surface area contributed by atoms with Crippen LogP contribution in [0.15, 0.2) is 65.7 Å². The first kappa shape index (κ1) is 17.1. The summed E-state index contributed by atoms with van der Waals surface area (Å²) in [6.45, 7) is 5.96. The maximum absolute atomic E-state index is 12.8. The van der Waals surface area contributed by atoms with Crippen molar-refractivity contribution in [2.45, 2.75) is 26.8 Å². The molecule has 0 saturated heterocycles. The lowest BCUT2D eigenvalue weighted by Crippen LogP contribution is -2.30. The van der Waals surface area contributed by atoms with E-state index in [9.17, 15) is 4.79 Å². The molecule has 0 radical (unpaired) electrons. The van der Waals surface area contributed by atoms with Gasteiger partial charge in [0.2, 0.25) is 0 Å². The van der Waals surface area contributed by atoms with Crippen molar-refractivity contribution in [2.24, 2.45) is 0 Å². The number of carbonyl (C=O) groups excluding carboxylic acids is 1. The number of aryl methyl sites for hydroxylation is 1. The van der Waals surface area contributed by atoms with Crippen LogP contribution in [0.25, 0.3) is 28.0 Å². The molecule has 4 aromatic rings. The topological polar surface area (TPSA) is 59.5 Å². The lowest BCUT2D eigenvalue weighted by molar-refractivity contribution is 0.0944. The second kappa shape index (κ2) is 6.76. The summed E-state index contributed by atoms with van der Waals surface area (Å²) in [5.41, 5.74) is 6.27. The third-order valence-corrected chi connectivity index (χ3v) is 4.46. The highest BCUT2D eigenvalue weighted by Crippen LogP contribution is 2.30. The average Bonchev–Trinajstić information content (AvgIpc) is 3.27. The minimum atomic E-state index is -0.121. The van der Waals surface area contributed by atoms with Crippen molar-refractivity contribution in [3.8, 4) is 22.5 Å². The van der Waals surface area contributed by atoms with E-state index in [1.807, 2.05) is 42.6 Å². The summed E-state index contributed by atoms with van der Waals surface area (Å²) in [4.78, 5) is 17.0. The Balaban J connectivity index is 1.92. The highest BCUT2D eigenvalue weighted by Gasteiger charge is 2.21. The zero-order valence-electron chi connectivity index (χ0n) is 15.6. The number of fused-ring (bicyclic) bond motifs is 1. The number of nitrogens with zero attached hydrogens (tertiary/aromatic N) is 2. The molecule has 0 saturated carbocycles. The average molecular weight is 359 g/mol. The summed E-state index contributed by atoms with van der Waals surface area (Å²) >= 11 is 0. The van der Waals surface area contributed by atoms with Gasteiger partial charge in [-0.05, 0) is 44.0 Å². The van der Waals surface area contributed by atoms with Gasteiger partial charge < -0.3 is 14.1 Å². The zero-order valence-corrected chi connectivity index (χ0v) is 15.6. The Kier molecular flexibility index (Phi) is 4.28. The van der Waals surface area contributed by atoms with E-state index in [-0.39, 0.29) is 11.9 Å². The molecule has 0 atom stereocenters. The molecule has 1 aromatic carbocycles. The van der Waals surface area contributed by atoms with Crippen LogP contribution in [0, 0.1) is 6.92 Å². The second-order valence-electron chi connectivity index (χ2n) is 6.99. The monoisotopic (exact) mass is 359 g/mol. The van der Waals surface area contributed by atoms with Crippen LogP contribution in [-0.2, 0) is 0 Å². The first-order valence-electron chi connectivity index (χ1n) is 8.94. The number of rotatable bonds is 4. The summed E-state index contributed by atoms with van der Waals surface area (Å²) in [7, 11) is 0. The molecule has 0 aliphatic rings. The molecular weight excluding hydrogens is 338 g/mol. The molecule has 3 aromatic heterocycles. The van der Waals surface area contributed by atoms with E-state index in [1.54, 1.807) is 6.26 Å². The number of carbonyl (C=O) groups is 1. The number of amides is 1. The van der Waals surface area contributed by atoms with Gasteiger partial charge in [-0.25, -0.2) is 4.98 Å². The molecule has 5 nitrogen and oxygen atoms in total. The van der Waals surface area contributed by atoms with Gasteiger partial charge in [-0.2, -0.15) is 0 Å². The normalized spacial score (nSPS) is 11.3. The quantitative estimate of drug-likeness (QED) is 0.574. The van der Waals surface area contributed by atoms with Gasteiger partial charge in [0, 0.05) is 17.8 Å². The van der Waals surface area contributed by atoms with E-state index in [0.717, 1.165) is 22.3 Å². The van der Waals surface area contributed by atoms with Crippen molar-refractivity contribution in [2.75, 3.05) is 0 Å². The SMILES string of the molecule is Cc1cccc(-c2ccc3cc(C(=O)NC(C)C)c(-c4cocn4)n3c2)c1. The van der Waals surface area contributed by atoms with Crippen LogP contribution in [0.4, 0.5) is 0 Å². The van der Waals surface area contributed by atoms with Crippen LogP contribution >= 0.6 is 0 Å². The van der Waals surface area contributed by atoms with Gasteiger partial charge in [-0.3, -0.25) is 4.79 Å². The Bertz CT molecular complexity index is 1110. The van der Waals surface area contributed by atoms with Gasteiger partial charge in [0.25, 0.3) is 5.91 Å². The summed E-state index contributed by atoms with van der Waals surface area (Å²) in [6, 6.07) is 14.4. The third kappa shape index (κ3) is 3.24. The molecule has 0 aliphatic heterocycles. The molecule has 27 heavy (non-hydrogen) atoms. The molecule has 4 rings (SSSR count). The van der Waals surface area contributed by atoms with Crippen LogP contribution in [0.1, 0.15) is 29.8 Å². The first-order chi connectivity index (χ1) is 13.0.